The number of amides is 1. The molecule has 1 aromatic heterocycles. The average molecular weight is 554 g/mol. The second-order valence-electron chi connectivity index (χ2n) is 8.43. The lowest BCUT2D eigenvalue weighted by atomic mass is 9.94. The van der Waals surface area contributed by atoms with Gasteiger partial charge in [0, 0.05) is 11.4 Å². The zero-order chi connectivity index (χ0) is 27.2. The number of alkyl halides is 3. The number of carbonyl (C=O) groups is 2. The fraction of sp³-hybridized carbons (Fsp3) is 0.333. The maximum absolute atomic E-state index is 12.9. The highest BCUT2D eigenvalue weighted by Gasteiger charge is 2.30. The molecule has 1 amide bonds. The Morgan fingerprint density at radius 3 is 2.30 bits per heavy atom. The van der Waals surface area contributed by atoms with Gasteiger partial charge in [-0.05, 0) is 79.3 Å². The van der Waals surface area contributed by atoms with Gasteiger partial charge in [0.25, 0.3) is 5.91 Å². The molecule has 0 atom stereocenters. The van der Waals surface area contributed by atoms with Crippen molar-refractivity contribution in [2.24, 2.45) is 0 Å². The molecule has 1 N–H and O–H groups in total. The Labute approximate surface area is 222 Å². The lowest BCUT2D eigenvalue weighted by Gasteiger charge is -2.15. The van der Waals surface area contributed by atoms with E-state index in [0.29, 0.717) is 40.7 Å². The summed E-state index contributed by atoms with van der Waals surface area (Å²) < 4.78 is 49.1. The fourth-order valence-corrected chi connectivity index (χ4v) is 5.28. The number of ether oxygens (including phenoxy) is 2. The summed E-state index contributed by atoms with van der Waals surface area (Å²) in [4.78, 5) is 24.8. The fourth-order valence-electron chi connectivity index (χ4n) is 3.88. The molecule has 37 heavy (non-hydrogen) atoms. The number of carbonyl (C=O) groups excluding carboxylic acids is 2. The van der Waals surface area contributed by atoms with E-state index in [1.165, 1.54) is 30.6 Å². The molecule has 0 aliphatic carbocycles. The van der Waals surface area contributed by atoms with Gasteiger partial charge in [0.1, 0.15) is 10.6 Å². The van der Waals surface area contributed by atoms with E-state index in [9.17, 15) is 22.8 Å². The largest absolute Gasteiger partial charge is 0.494 e. The van der Waals surface area contributed by atoms with Gasteiger partial charge in [0.15, 0.2) is 0 Å². The van der Waals surface area contributed by atoms with Crippen LogP contribution in [0.15, 0.2) is 42.5 Å². The molecule has 0 radical (unpaired) electrons. The predicted molar refractivity (Wildman–Crippen MR) is 138 cm³/mol. The van der Waals surface area contributed by atoms with Gasteiger partial charge in [-0.15, -0.1) is 11.3 Å². The third kappa shape index (κ3) is 7.72. The number of halogens is 4. The maximum Gasteiger partial charge on any atom is 0.416 e. The normalized spacial score (nSPS) is 11.3. The second-order valence-corrected chi connectivity index (χ2v) is 9.97. The van der Waals surface area contributed by atoms with Crippen LogP contribution >= 0.6 is 22.9 Å². The van der Waals surface area contributed by atoms with E-state index in [-0.39, 0.29) is 18.9 Å². The minimum Gasteiger partial charge on any atom is -0.494 e. The van der Waals surface area contributed by atoms with Crippen LogP contribution in [-0.2, 0) is 22.1 Å². The van der Waals surface area contributed by atoms with Gasteiger partial charge >= 0.3 is 12.1 Å². The summed E-state index contributed by atoms with van der Waals surface area (Å²) in [6, 6.07) is 10.7. The zero-order valence-corrected chi connectivity index (χ0v) is 22.2. The van der Waals surface area contributed by atoms with Crippen LogP contribution in [0.2, 0.25) is 5.02 Å². The molecule has 10 heteroatoms. The highest BCUT2D eigenvalue weighted by atomic mass is 35.5. The van der Waals surface area contributed by atoms with Crippen LogP contribution in [-0.4, -0.2) is 32.1 Å². The quantitative estimate of drug-likeness (QED) is 0.217. The van der Waals surface area contributed by atoms with Crippen molar-refractivity contribution in [1.29, 1.82) is 0 Å². The van der Waals surface area contributed by atoms with Gasteiger partial charge < -0.3 is 14.8 Å². The van der Waals surface area contributed by atoms with Crippen LogP contribution in [0.5, 0.6) is 5.75 Å². The Balaban J connectivity index is 1.54. The Kier molecular flexibility index (Phi) is 9.62. The lowest BCUT2D eigenvalue weighted by molar-refractivity contribution is -0.140. The SMILES string of the molecule is COC(=O)CCNC(=O)c1sc(CCCOc2cc(C)c(-c3ccc(C(F)(F)F)cc3)c(C)c2)cc1Cl. The Morgan fingerprint density at radius 2 is 1.70 bits per heavy atom. The summed E-state index contributed by atoms with van der Waals surface area (Å²) >= 11 is 7.52. The van der Waals surface area contributed by atoms with Crippen molar-refractivity contribution in [2.75, 3.05) is 20.3 Å². The molecule has 0 aliphatic rings. The summed E-state index contributed by atoms with van der Waals surface area (Å²) in [5, 5.41) is 3.02. The highest BCUT2D eigenvalue weighted by molar-refractivity contribution is 7.14. The van der Waals surface area contributed by atoms with Crippen molar-refractivity contribution >= 4 is 34.8 Å². The molecule has 0 saturated carbocycles. The van der Waals surface area contributed by atoms with Crippen molar-refractivity contribution in [3.05, 3.63) is 73.9 Å². The van der Waals surface area contributed by atoms with Gasteiger partial charge in [-0.2, -0.15) is 13.2 Å². The topological polar surface area (TPSA) is 64.6 Å². The van der Waals surface area contributed by atoms with Crippen LogP contribution in [0.3, 0.4) is 0 Å². The first-order valence-corrected chi connectivity index (χ1v) is 12.7. The molecule has 5 nitrogen and oxygen atoms in total. The van der Waals surface area contributed by atoms with Crippen LogP contribution in [0.25, 0.3) is 11.1 Å². The molecular formula is C27H27ClF3NO4S. The van der Waals surface area contributed by atoms with Crippen molar-refractivity contribution in [3.63, 3.8) is 0 Å². The third-order valence-corrected chi connectivity index (χ3v) is 7.23. The monoisotopic (exact) mass is 553 g/mol. The molecule has 3 aromatic rings. The van der Waals surface area contributed by atoms with E-state index in [1.807, 2.05) is 26.0 Å². The zero-order valence-electron chi connectivity index (χ0n) is 20.6. The highest BCUT2D eigenvalue weighted by Crippen LogP contribution is 2.34. The first kappa shape index (κ1) is 28.5. The van der Waals surface area contributed by atoms with E-state index in [4.69, 9.17) is 16.3 Å². The lowest BCUT2D eigenvalue weighted by Crippen LogP contribution is -2.25. The second kappa shape index (κ2) is 12.5. The van der Waals surface area contributed by atoms with E-state index < -0.39 is 17.7 Å². The molecule has 0 saturated heterocycles. The van der Waals surface area contributed by atoms with Gasteiger partial charge in [0.05, 0.1) is 30.7 Å². The Bertz CT molecular complexity index is 1230. The van der Waals surface area contributed by atoms with E-state index in [0.717, 1.165) is 33.7 Å². The minimum absolute atomic E-state index is 0.0830. The van der Waals surface area contributed by atoms with E-state index in [2.05, 4.69) is 10.1 Å². The van der Waals surface area contributed by atoms with Crippen molar-refractivity contribution in [1.82, 2.24) is 5.32 Å². The number of thiophene rings is 1. The summed E-state index contributed by atoms with van der Waals surface area (Å²) in [5.41, 5.74) is 2.73. The summed E-state index contributed by atoms with van der Waals surface area (Å²) in [6.07, 6.45) is -2.92. The number of benzene rings is 2. The summed E-state index contributed by atoms with van der Waals surface area (Å²) in [6.45, 7) is 4.41. The first-order valence-electron chi connectivity index (χ1n) is 11.5. The molecule has 0 aliphatic heterocycles. The van der Waals surface area contributed by atoms with Crippen LogP contribution in [0.4, 0.5) is 13.2 Å². The number of hydrogen-bond acceptors (Lipinski definition) is 5. The molecule has 198 valence electrons. The number of aryl methyl sites for hydroxylation is 3. The van der Waals surface area contributed by atoms with Crippen molar-refractivity contribution < 1.29 is 32.2 Å². The summed E-state index contributed by atoms with van der Waals surface area (Å²) in [5.74, 6) is -0.0566. The van der Waals surface area contributed by atoms with E-state index >= 15 is 0 Å². The predicted octanol–water partition coefficient (Wildman–Crippen LogP) is 7.01. The number of esters is 1. The average Bonchev–Trinajstić information content (AvgIpc) is 3.21. The Hall–Kier alpha value is -3.04. The van der Waals surface area contributed by atoms with Gasteiger partial charge in [-0.3, -0.25) is 9.59 Å². The van der Waals surface area contributed by atoms with Gasteiger partial charge in [0.2, 0.25) is 0 Å². The minimum atomic E-state index is -4.37. The summed E-state index contributed by atoms with van der Waals surface area (Å²) in [7, 11) is 1.29. The van der Waals surface area contributed by atoms with E-state index in [1.54, 1.807) is 6.07 Å². The molecule has 0 fully saturated rings. The number of hydrogen-bond donors (Lipinski definition) is 1. The molecule has 0 spiro atoms. The molecule has 3 rings (SSSR count). The molecule has 1 heterocycles. The maximum atomic E-state index is 12.9. The smallest absolute Gasteiger partial charge is 0.416 e. The molecular weight excluding hydrogens is 527 g/mol. The Morgan fingerprint density at radius 1 is 1.05 bits per heavy atom. The molecule has 0 bridgehead atoms. The van der Waals surface area contributed by atoms with Gasteiger partial charge in [-0.25, -0.2) is 0 Å². The van der Waals surface area contributed by atoms with Crippen molar-refractivity contribution in [3.8, 4) is 16.9 Å². The van der Waals surface area contributed by atoms with Crippen molar-refractivity contribution in [2.45, 2.75) is 39.3 Å². The van der Waals surface area contributed by atoms with Crippen LogP contribution in [0, 0.1) is 13.8 Å². The van der Waals surface area contributed by atoms with Crippen LogP contribution in [0.1, 0.15) is 44.1 Å². The number of nitrogens with one attached hydrogen (secondary N) is 1. The first-order chi connectivity index (χ1) is 17.5. The molecule has 0 unspecified atom stereocenters. The molecule has 2 aromatic carbocycles. The number of methoxy groups -OCH3 is 1. The van der Waals surface area contributed by atoms with Crippen LogP contribution < -0.4 is 10.1 Å². The van der Waals surface area contributed by atoms with Gasteiger partial charge in [-0.1, -0.05) is 23.7 Å². The third-order valence-electron chi connectivity index (χ3n) is 5.63. The standard InChI is InChI=1S/C27H27ClF3NO4S/c1-16-13-20(14-17(2)24(16)18-6-8-19(9-7-18)27(29,30)31)36-12-4-5-21-15-22(28)25(37-21)26(34)32-11-10-23(33)35-3/h6-9,13-15H,4-5,10-12H2,1-3H3,(H,32,34). The number of rotatable bonds is 10.